The summed E-state index contributed by atoms with van der Waals surface area (Å²) in [4.78, 5) is 16.8. The lowest BCUT2D eigenvalue weighted by Gasteiger charge is -2.31. The molecule has 2 aromatic carbocycles. The van der Waals surface area contributed by atoms with E-state index in [2.05, 4.69) is 46.7 Å². The van der Waals surface area contributed by atoms with Crippen LogP contribution < -0.4 is 11.1 Å². The number of hydrogen-bond acceptors (Lipinski definition) is 3. The van der Waals surface area contributed by atoms with Gasteiger partial charge in [-0.2, -0.15) is 0 Å². The van der Waals surface area contributed by atoms with Crippen LogP contribution in [0.25, 0.3) is 11.1 Å². The average molecular weight is 461 g/mol. The van der Waals surface area contributed by atoms with Crippen LogP contribution in [-0.2, 0) is 17.9 Å². The van der Waals surface area contributed by atoms with Crippen molar-refractivity contribution in [2.45, 2.75) is 50.7 Å². The molecule has 5 nitrogen and oxygen atoms in total. The third-order valence-electron chi connectivity index (χ3n) is 5.84. The van der Waals surface area contributed by atoms with E-state index < -0.39 is 5.54 Å². The van der Waals surface area contributed by atoms with Crippen molar-refractivity contribution in [3.05, 3.63) is 78.4 Å². The molecule has 4 rings (SSSR count). The Balaban J connectivity index is 0.00000171. The molecule has 1 saturated carbocycles. The smallest absolute Gasteiger partial charge is 0.240 e. The van der Waals surface area contributed by atoms with Crippen molar-refractivity contribution in [1.29, 1.82) is 0 Å². The molecule has 1 aromatic heterocycles. The van der Waals surface area contributed by atoms with Gasteiger partial charge in [0.05, 0.1) is 11.9 Å². The van der Waals surface area contributed by atoms with Gasteiger partial charge < -0.3 is 15.6 Å². The molecule has 1 aliphatic rings. The van der Waals surface area contributed by atoms with E-state index in [1.165, 1.54) is 12.0 Å². The number of amides is 1. The molecule has 7 heteroatoms. The molecule has 0 bridgehead atoms. The number of aromatic nitrogens is 2. The van der Waals surface area contributed by atoms with Crippen LogP contribution in [0.1, 0.15) is 43.2 Å². The molecule has 0 spiro atoms. The van der Waals surface area contributed by atoms with Crippen molar-refractivity contribution in [3.8, 4) is 11.1 Å². The summed E-state index contributed by atoms with van der Waals surface area (Å²) in [6, 6.07) is 16.8. The molecule has 3 aromatic rings. The largest absolute Gasteiger partial charge is 0.350 e. The van der Waals surface area contributed by atoms with Gasteiger partial charge in [0.2, 0.25) is 5.91 Å². The standard InChI is InChI=1S/C24H28N4O.2ClH/c25-24(12-4-1-5-13-24)23(29)27-16-21-6-2-3-7-22(21)20-10-8-19(9-11-20)17-28-15-14-26-18-28;;/h2-3,6-11,14-15,18H,1,4-5,12-13,16-17,25H2,(H,27,29);2*1H. The first-order valence-corrected chi connectivity index (χ1v) is 10.3. The Morgan fingerprint density at radius 3 is 2.42 bits per heavy atom. The van der Waals surface area contributed by atoms with E-state index in [9.17, 15) is 4.79 Å². The Morgan fingerprint density at radius 1 is 1.03 bits per heavy atom. The summed E-state index contributed by atoms with van der Waals surface area (Å²) in [6.07, 6.45) is 10.4. The van der Waals surface area contributed by atoms with Crippen LogP contribution >= 0.6 is 24.8 Å². The number of imidazole rings is 1. The fraction of sp³-hybridized carbons (Fsp3) is 0.333. The molecule has 31 heavy (non-hydrogen) atoms. The van der Waals surface area contributed by atoms with Crippen molar-refractivity contribution in [2.24, 2.45) is 5.73 Å². The molecule has 0 unspecified atom stereocenters. The van der Waals surface area contributed by atoms with Crippen molar-refractivity contribution in [3.63, 3.8) is 0 Å². The molecular formula is C24H30Cl2N4O. The lowest BCUT2D eigenvalue weighted by molar-refractivity contribution is -0.127. The average Bonchev–Trinajstić information content (AvgIpc) is 3.26. The molecule has 0 aliphatic heterocycles. The van der Waals surface area contributed by atoms with Gasteiger partial charge in [-0.3, -0.25) is 4.79 Å². The fourth-order valence-electron chi connectivity index (χ4n) is 4.10. The van der Waals surface area contributed by atoms with Crippen molar-refractivity contribution < 1.29 is 4.79 Å². The maximum absolute atomic E-state index is 12.7. The van der Waals surface area contributed by atoms with Crippen molar-refractivity contribution in [2.75, 3.05) is 0 Å². The van der Waals surface area contributed by atoms with Crippen LogP contribution in [0, 0.1) is 0 Å². The normalized spacial score (nSPS) is 14.7. The van der Waals surface area contributed by atoms with E-state index in [4.69, 9.17) is 5.73 Å². The van der Waals surface area contributed by atoms with E-state index in [1.807, 2.05) is 29.2 Å². The number of rotatable bonds is 6. The highest BCUT2D eigenvalue weighted by Gasteiger charge is 2.34. The molecule has 1 amide bonds. The summed E-state index contributed by atoms with van der Waals surface area (Å²) in [6.45, 7) is 1.29. The first kappa shape index (κ1) is 24.9. The lowest BCUT2D eigenvalue weighted by atomic mass is 9.82. The highest BCUT2D eigenvalue weighted by molar-refractivity contribution is 5.86. The lowest BCUT2D eigenvalue weighted by Crippen LogP contribution is -2.54. The number of benzene rings is 2. The van der Waals surface area contributed by atoms with Gasteiger partial charge in [-0.25, -0.2) is 4.98 Å². The zero-order chi connectivity index (χ0) is 20.1. The highest BCUT2D eigenvalue weighted by atomic mass is 35.5. The number of nitrogens with one attached hydrogen (secondary N) is 1. The quantitative estimate of drug-likeness (QED) is 0.558. The summed E-state index contributed by atoms with van der Waals surface area (Å²) in [5.41, 5.74) is 10.3. The van der Waals surface area contributed by atoms with Crippen LogP contribution in [0.2, 0.25) is 0 Å². The predicted octanol–water partition coefficient (Wildman–Crippen LogP) is 4.72. The Morgan fingerprint density at radius 2 is 1.74 bits per heavy atom. The third-order valence-corrected chi connectivity index (χ3v) is 5.84. The maximum Gasteiger partial charge on any atom is 0.240 e. The van der Waals surface area contributed by atoms with Gasteiger partial charge in [-0.1, -0.05) is 67.8 Å². The topological polar surface area (TPSA) is 72.9 Å². The first-order chi connectivity index (χ1) is 14.1. The summed E-state index contributed by atoms with van der Waals surface area (Å²) < 4.78 is 2.05. The molecule has 166 valence electrons. The van der Waals surface area contributed by atoms with Crippen LogP contribution in [0.5, 0.6) is 0 Å². The Bertz CT molecular complexity index is 952. The van der Waals surface area contributed by atoms with Gasteiger partial charge in [0.1, 0.15) is 0 Å². The predicted molar refractivity (Wildman–Crippen MR) is 130 cm³/mol. The zero-order valence-electron chi connectivity index (χ0n) is 17.5. The van der Waals surface area contributed by atoms with E-state index >= 15 is 0 Å². The van der Waals surface area contributed by atoms with Gasteiger partial charge in [0.15, 0.2) is 0 Å². The fourth-order valence-corrected chi connectivity index (χ4v) is 4.10. The monoisotopic (exact) mass is 460 g/mol. The van der Waals surface area contributed by atoms with Crippen LogP contribution in [-0.4, -0.2) is 21.0 Å². The molecule has 0 radical (unpaired) electrons. The van der Waals surface area contributed by atoms with Crippen LogP contribution in [0.4, 0.5) is 0 Å². The third kappa shape index (κ3) is 6.10. The second-order valence-corrected chi connectivity index (χ2v) is 7.99. The van der Waals surface area contributed by atoms with Gasteiger partial charge in [0, 0.05) is 25.5 Å². The second kappa shape index (κ2) is 11.3. The Labute approximate surface area is 196 Å². The molecule has 0 saturated heterocycles. The molecule has 1 aliphatic carbocycles. The van der Waals surface area contributed by atoms with E-state index in [0.717, 1.165) is 48.9 Å². The van der Waals surface area contributed by atoms with Crippen LogP contribution in [0.3, 0.4) is 0 Å². The summed E-state index contributed by atoms with van der Waals surface area (Å²) in [5, 5.41) is 3.09. The molecular weight excluding hydrogens is 431 g/mol. The van der Waals surface area contributed by atoms with Gasteiger partial charge in [-0.15, -0.1) is 24.8 Å². The number of carbonyl (C=O) groups is 1. The minimum absolute atomic E-state index is 0. The van der Waals surface area contributed by atoms with Gasteiger partial charge >= 0.3 is 0 Å². The van der Waals surface area contributed by atoms with Crippen molar-refractivity contribution in [1.82, 2.24) is 14.9 Å². The minimum atomic E-state index is -0.706. The van der Waals surface area contributed by atoms with E-state index in [-0.39, 0.29) is 30.7 Å². The SMILES string of the molecule is Cl.Cl.NC1(C(=O)NCc2ccccc2-c2ccc(Cn3ccnc3)cc2)CCCCC1. The van der Waals surface area contributed by atoms with E-state index in [0.29, 0.717) is 6.54 Å². The first-order valence-electron chi connectivity index (χ1n) is 10.3. The zero-order valence-corrected chi connectivity index (χ0v) is 19.1. The minimum Gasteiger partial charge on any atom is -0.350 e. The maximum atomic E-state index is 12.7. The van der Waals surface area contributed by atoms with Gasteiger partial charge in [-0.05, 0) is 35.1 Å². The molecule has 1 heterocycles. The number of carbonyl (C=O) groups excluding carboxylic acids is 1. The van der Waals surface area contributed by atoms with Crippen molar-refractivity contribution >= 4 is 30.7 Å². The molecule has 0 atom stereocenters. The number of nitrogens with two attached hydrogens (primary N) is 1. The Kier molecular flexibility index (Phi) is 9.11. The Hall–Kier alpha value is -2.34. The number of hydrogen-bond donors (Lipinski definition) is 2. The molecule has 1 fully saturated rings. The second-order valence-electron chi connectivity index (χ2n) is 7.99. The molecule has 3 N–H and O–H groups in total. The number of nitrogens with zero attached hydrogens (tertiary/aromatic N) is 2. The summed E-state index contributed by atoms with van der Waals surface area (Å²) in [7, 11) is 0. The van der Waals surface area contributed by atoms with E-state index in [1.54, 1.807) is 6.20 Å². The van der Waals surface area contributed by atoms with Crippen LogP contribution in [0.15, 0.2) is 67.3 Å². The summed E-state index contributed by atoms with van der Waals surface area (Å²) >= 11 is 0. The van der Waals surface area contributed by atoms with Gasteiger partial charge in [0.25, 0.3) is 0 Å². The summed E-state index contributed by atoms with van der Waals surface area (Å²) in [5.74, 6) is -0.0253. The highest BCUT2D eigenvalue weighted by Crippen LogP contribution is 2.27. The number of halogens is 2.